The van der Waals surface area contributed by atoms with Crippen LogP contribution in [0.1, 0.15) is 60.9 Å². The molecule has 0 unspecified atom stereocenters. The standard InChI is InChI=1S/C30H29F3O3/c1-3-4-17-35-27-16-11-22(18-26(27)31)30(34)36-23-12-9-21(10-13-23)25-15-14-24(28(32)29(25)33)20-7-5-19(2)6-8-20/h3,9-16,18-20H,1,4-8,17H2,2H3. The predicted molar refractivity (Wildman–Crippen MR) is 134 cm³/mol. The Bertz CT molecular complexity index is 1230. The lowest BCUT2D eigenvalue weighted by molar-refractivity contribution is 0.0734. The normalized spacial score (nSPS) is 17.4. The maximum Gasteiger partial charge on any atom is 0.343 e. The van der Waals surface area contributed by atoms with Crippen LogP contribution in [-0.4, -0.2) is 12.6 Å². The fraction of sp³-hybridized carbons (Fsp3) is 0.300. The molecular weight excluding hydrogens is 465 g/mol. The van der Waals surface area contributed by atoms with E-state index in [1.54, 1.807) is 30.3 Å². The van der Waals surface area contributed by atoms with Gasteiger partial charge in [-0.25, -0.2) is 18.0 Å². The maximum absolute atomic E-state index is 15.0. The van der Waals surface area contributed by atoms with Crippen molar-refractivity contribution in [2.24, 2.45) is 5.92 Å². The van der Waals surface area contributed by atoms with Gasteiger partial charge < -0.3 is 9.47 Å². The number of rotatable bonds is 8. The molecule has 1 fully saturated rings. The predicted octanol–water partition coefficient (Wildman–Crippen LogP) is 8.24. The van der Waals surface area contributed by atoms with Crippen molar-refractivity contribution in [1.82, 2.24) is 0 Å². The lowest BCUT2D eigenvalue weighted by Gasteiger charge is -2.27. The molecule has 1 aliphatic rings. The molecule has 1 aliphatic carbocycles. The van der Waals surface area contributed by atoms with Crippen LogP contribution in [0.4, 0.5) is 13.2 Å². The summed E-state index contributed by atoms with van der Waals surface area (Å²) in [6, 6.07) is 13.2. The quantitative estimate of drug-likeness (QED) is 0.137. The lowest BCUT2D eigenvalue weighted by atomic mass is 9.79. The minimum atomic E-state index is -0.873. The van der Waals surface area contributed by atoms with E-state index in [-0.39, 0.29) is 35.2 Å². The van der Waals surface area contributed by atoms with Gasteiger partial charge in [0.25, 0.3) is 0 Å². The van der Waals surface area contributed by atoms with E-state index in [1.807, 2.05) is 0 Å². The number of carbonyl (C=O) groups is 1. The van der Waals surface area contributed by atoms with Gasteiger partial charge in [0.15, 0.2) is 23.2 Å². The van der Waals surface area contributed by atoms with Crippen LogP contribution in [0.25, 0.3) is 11.1 Å². The Morgan fingerprint density at radius 3 is 2.36 bits per heavy atom. The third-order valence-electron chi connectivity index (χ3n) is 6.69. The highest BCUT2D eigenvalue weighted by atomic mass is 19.2. The zero-order chi connectivity index (χ0) is 25.7. The average molecular weight is 495 g/mol. The summed E-state index contributed by atoms with van der Waals surface area (Å²) in [5.41, 5.74) is 1.07. The molecule has 0 saturated heterocycles. The highest BCUT2D eigenvalue weighted by Gasteiger charge is 2.25. The first-order chi connectivity index (χ1) is 17.4. The summed E-state index contributed by atoms with van der Waals surface area (Å²) in [4.78, 5) is 12.4. The molecule has 0 aliphatic heterocycles. The van der Waals surface area contributed by atoms with Gasteiger partial charge in [0, 0.05) is 5.56 Å². The monoisotopic (exact) mass is 494 g/mol. The fourth-order valence-corrected chi connectivity index (χ4v) is 4.54. The molecule has 0 atom stereocenters. The Morgan fingerprint density at radius 1 is 0.972 bits per heavy atom. The molecule has 1 saturated carbocycles. The van der Waals surface area contributed by atoms with Gasteiger partial charge in [0.05, 0.1) is 12.2 Å². The van der Waals surface area contributed by atoms with Gasteiger partial charge in [-0.3, -0.25) is 0 Å². The van der Waals surface area contributed by atoms with E-state index in [0.29, 0.717) is 23.5 Å². The number of halogens is 3. The van der Waals surface area contributed by atoms with Crippen LogP contribution in [0.15, 0.2) is 67.3 Å². The average Bonchev–Trinajstić information content (AvgIpc) is 2.88. The van der Waals surface area contributed by atoms with Gasteiger partial charge in [-0.15, -0.1) is 6.58 Å². The molecule has 36 heavy (non-hydrogen) atoms. The molecule has 4 rings (SSSR count). The van der Waals surface area contributed by atoms with Crippen LogP contribution < -0.4 is 9.47 Å². The topological polar surface area (TPSA) is 35.5 Å². The van der Waals surface area contributed by atoms with Gasteiger partial charge in [0.1, 0.15) is 5.75 Å². The molecule has 6 heteroatoms. The smallest absolute Gasteiger partial charge is 0.343 e. The third-order valence-corrected chi connectivity index (χ3v) is 6.69. The number of benzene rings is 3. The summed E-state index contributed by atoms with van der Waals surface area (Å²) >= 11 is 0. The first-order valence-corrected chi connectivity index (χ1v) is 12.2. The fourth-order valence-electron chi connectivity index (χ4n) is 4.54. The van der Waals surface area contributed by atoms with Gasteiger partial charge in [0.2, 0.25) is 0 Å². The van der Waals surface area contributed by atoms with Gasteiger partial charge in [-0.05, 0) is 72.6 Å². The summed E-state index contributed by atoms with van der Waals surface area (Å²) in [5.74, 6) is -2.18. The van der Waals surface area contributed by atoms with E-state index in [0.717, 1.165) is 31.7 Å². The van der Waals surface area contributed by atoms with Crippen LogP contribution in [-0.2, 0) is 0 Å². The molecule has 3 aromatic rings. The van der Waals surface area contributed by atoms with Gasteiger partial charge in [-0.2, -0.15) is 0 Å². The molecule has 0 bridgehead atoms. The first kappa shape index (κ1) is 25.5. The van der Waals surface area contributed by atoms with E-state index < -0.39 is 23.4 Å². The lowest BCUT2D eigenvalue weighted by Crippen LogP contribution is -2.13. The second-order valence-corrected chi connectivity index (χ2v) is 9.27. The number of hydrogen-bond acceptors (Lipinski definition) is 3. The Hall–Kier alpha value is -3.54. The molecule has 0 heterocycles. The Kier molecular flexibility index (Phi) is 8.14. The minimum absolute atomic E-state index is 0.0217. The highest BCUT2D eigenvalue weighted by Crippen LogP contribution is 2.39. The second kappa shape index (κ2) is 11.5. The largest absolute Gasteiger partial charge is 0.490 e. The Morgan fingerprint density at radius 2 is 1.69 bits per heavy atom. The highest BCUT2D eigenvalue weighted by molar-refractivity contribution is 5.91. The summed E-state index contributed by atoms with van der Waals surface area (Å²) in [5, 5.41) is 0. The van der Waals surface area contributed by atoms with Crippen molar-refractivity contribution >= 4 is 5.97 Å². The molecule has 0 spiro atoms. The maximum atomic E-state index is 15.0. The van der Waals surface area contributed by atoms with Crippen molar-refractivity contribution in [1.29, 1.82) is 0 Å². The van der Waals surface area contributed by atoms with Crippen LogP contribution in [0.3, 0.4) is 0 Å². The Balaban J connectivity index is 1.44. The summed E-state index contributed by atoms with van der Waals surface area (Å²) < 4.78 is 54.7. The zero-order valence-corrected chi connectivity index (χ0v) is 20.2. The van der Waals surface area contributed by atoms with E-state index in [9.17, 15) is 18.0 Å². The first-order valence-electron chi connectivity index (χ1n) is 12.2. The van der Waals surface area contributed by atoms with Crippen LogP contribution in [0.2, 0.25) is 0 Å². The van der Waals surface area contributed by atoms with Crippen LogP contribution >= 0.6 is 0 Å². The van der Waals surface area contributed by atoms with E-state index >= 15 is 0 Å². The minimum Gasteiger partial charge on any atom is -0.490 e. The molecular formula is C30H29F3O3. The summed E-state index contributed by atoms with van der Waals surface area (Å²) in [6.07, 6.45) is 6.01. The molecule has 188 valence electrons. The SMILES string of the molecule is C=CCCOc1ccc(C(=O)Oc2ccc(-c3ccc(C4CCC(C)CC4)c(F)c3F)cc2)cc1F. The number of esters is 1. The van der Waals surface area contributed by atoms with Crippen molar-refractivity contribution in [3.8, 4) is 22.6 Å². The molecule has 0 amide bonds. The van der Waals surface area contributed by atoms with Crippen molar-refractivity contribution < 1.29 is 27.4 Å². The molecule has 0 aromatic heterocycles. The number of hydrogen-bond donors (Lipinski definition) is 0. The second-order valence-electron chi connectivity index (χ2n) is 9.27. The summed E-state index contributed by atoms with van der Waals surface area (Å²) in [7, 11) is 0. The molecule has 0 N–H and O–H groups in total. The van der Waals surface area contributed by atoms with Crippen molar-refractivity contribution in [3.05, 3.63) is 95.8 Å². The molecule has 3 aromatic carbocycles. The van der Waals surface area contributed by atoms with Crippen molar-refractivity contribution in [2.75, 3.05) is 6.61 Å². The molecule has 0 radical (unpaired) electrons. The molecule has 3 nitrogen and oxygen atoms in total. The zero-order valence-electron chi connectivity index (χ0n) is 20.2. The van der Waals surface area contributed by atoms with Crippen molar-refractivity contribution in [2.45, 2.75) is 44.9 Å². The summed E-state index contributed by atoms with van der Waals surface area (Å²) in [6.45, 7) is 6.04. The Labute approximate surface area is 209 Å². The number of ether oxygens (including phenoxy) is 2. The van der Waals surface area contributed by atoms with E-state index in [2.05, 4.69) is 13.5 Å². The number of carbonyl (C=O) groups excluding carboxylic acids is 1. The van der Waals surface area contributed by atoms with Crippen LogP contribution in [0, 0.1) is 23.4 Å². The van der Waals surface area contributed by atoms with Gasteiger partial charge in [-0.1, -0.05) is 50.1 Å². The van der Waals surface area contributed by atoms with Crippen LogP contribution in [0.5, 0.6) is 11.5 Å². The van der Waals surface area contributed by atoms with Gasteiger partial charge >= 0.3 is 5.97 Å². The van der Waals surface area contributed by atoms with Crippen molar-refractivity contribution in [3.63, 3.8) is 0 Å². The van der Waals surface area contributed by atoms with E-state index in [4.69, 9.17) is 9.47 Å². The third kappa shape index (κ3) is 5.81. The van der Waals surface area contributed by atoms with E-state index in [1.165, 1.54) is 24.3 Å².